The van der Waals surface area contributed by atoms with Crippen molar-refractivity contribution in [2.75, 3.05) is 31.1 Å². The van der Waals surface area contributed by atoms with E-state index in [1.54, 1.807) is 30.0 Å². The van der Waals surface area contributed by atoms with Crippen LogP contribution in [0.4, 0.5) is 10.1 Å². The van der Waals surface area contributed by atoms with Crippen molar-refractivity contribution in [2.45, 2.75) is 19.8 Å². The first-order chi connectivity index (χ1) is 13.5. The summed E-state index contributed by atoms with van der Waals surface area (Å²) in [6.45, 7) is 3.97. The number of fused-ring (bicyclic) bond motifs is 1. The molecule has 1 aliphatic heterocycles. The summed E-state index contributed by atoms with van der Waals surface area (Å²) in [5.41, 5.74) is 1.45. The summed E-state index contributed by atoms with van der Waals surface area (Å²) >= 11 is 0. The van der Waals surface area contributed by atoms with Gasteiger partial charge in [-0.15, -0.1) is 0 Å². The minimum atomic E-state index is -0.250. The predicted octanol–water partition coefficient (Wildman–Crippen LogP) is 1.15. The van der Waals surface area contributed by atoms with Gasteiger partial charge in [-0.2, -0.15) is 4.52 Å². The van der Waals surface area contributed by atoms with Gasteiger partial charge in [0.2, 0.25) is 5.91 Å². The number of nitrogens with one attached hydrogen (secondary N) is 1. The summed E-state index contributed by atoms with van der Waals surface area (Å²) in [6.07, 6.45) is 1.97. The van der Waals surface area contributed by atoms with Crippen LogP contribution in [0.15, 0.2) is 35.4 Å². The summed E-state index contributed by atoms with van der Waals surface area (Å²) in [5, 5.41) is 2.73. The molecular weight excluding hydrogens is 363 g/mol. The molecule has 2 aromatic heterocycles. The Morgan fingerprint density at radius 2 is 1.96 bits per heavy atom. The largest absolute Gasteiger partial charge is 0.366 e. The van der Waals surface area contributed by atoms with Gasteiger partial charge in [-0.1, -0.05) is 12.1 Å². The number of carbonyl (C=O) groups excluding carboxylic acids is 1. The SMILES string of the molecule is Cc1nc2nc[nH]n2c(=O)c1CCC(=O)N1CCN(c2ccccc2F)CC1. The highest BCUT2D eigenvalue weighted by atomic mass is 19.1. The van der Waals surface area contributed by atoms with Gasteiger partial charge in [0.05, 0.1) is 11.4 Å². The Balaban J connectivity index is 1.38. The number of aromatic nitrogens is 4. The van der Waals surface area contributed by atoms with E-state index in [0.29, 0.717) is 55.3 Å². The number of rotatable bonds is 4. The van der Waals surface area contributed by atoms with Gasteiger partial charge in [0, 0.05) is 38.2 Å². The molecule has 4 rings (SSSR count). The summed E-state index contributed by atoms with van der Waals surface area (Å²) < 4.78 is 15.2. The molecule has 1 fully saturated rings. The lowest BCUT2D eigenvalue weighted by atomic mass is 10.1. The third-order valence-corrected chi connectivity index (χ3v) is 5.15. The van der Waals surface area contributed by atoms with Crippen molar-refractivity contribution in [1.82, 2.24) is 24.5 Å². The first-order valence-corrected chi connectivity index (χ1v) is 9.23. The molecule has 1 N–H and O–H groups in total. The predicted molar refractivity (Wildman–Crippen MR) is 102 cm³/mol. The monoisotopic (exact) mass is 384 g/mol. The summed E-state index contributed by atoms with van der Waals surface area (Å²) in [7, 11) is 0. The molecule has 0 radical (unpaired) electrons. The minimum Gasteiger partial charge on any atom is -0.366 e. The maximum atomic E-state index is 13.9. The second kappa shape index (κ2) is 7.41. The first kappa shape index (κ1) is 18.1. The van der Waals surface area contributed by atoms with Crippen LogP contribution in [0.2, 0.25) is 0 Å². The summed E-state index contributed by atoms with van der Waals surface area (Å²) in [6, 6.07) is 6.67. The number of anilines is 1. The van der Waals surface area contributed by atoms with Crippen molar-refractivity contribution >= 4 is 17.4 Å². The Kier molecular flexibility index (Phi) is 4.81. The molecule has 8 nitrogen and oxygen atoms in total. The van der Waals surface area contributed by atoms with Gasteiger partial charge < -0.3 is 9.80 Å². The quantitative estimate of drug-likeness (QED) is 0.729. The number of aryl methyl sites for hydroxylation is 1. The molecule has 0 spiro atoms. The molecule has 0 aliphatic carbocycles. The maximum absolute atomic E-state index is 13.9. The number of nitrogens with zero attached hydrogens (tertiary/aromatic N) is 5. The molecule has 0 saturated carbocycles. The smallest absolute Gasteiger partial charge is 0.277 e. The third kappa shape index (κ3) is 3.35. The van der Waals surface area contributed by atoms with Crippen LogP contribution in [-0.2, 0) is 11.2 Å². The van der Waals surface area contributed by atoms with Gasteiger partial charge in [-0.05, 0) is 25.5 Å². The van der Waals surface area contributed by atoms with Crippen LogP contribution in [0.3, 0.4) is 0 Å². The molecule has 0 bridgehead atoms. The molecule has 1 aliphatic rings. The fourth-order valence-corrected chi connectivity index (χ4v) is 3.58. The Hall–Kier alpha value is -3.23. The number of H-pyrrole nitrogens is 1. The normalized spacial score (nSPS) is 14.6. The van der Waals surface area contributed by atoms with Crippen LogP contribution in [-0.4, -0.2) is 56.6 Å². The van der Waals surface area contributed by atoms with Gasteiger partial charge in [-0.3, -0.25) is 14.7 Å². The van der Waals surface area contributed by atoms with E-state index in [1.165, 1.54) is 16.9 Å². The topological polar surface area (TPSA) is 86.6 Å². The van der Waals surface area contributed by atoms with Crippen LogP contribution in [0.25, 0.3) is 5.78 Å². The molecular formula is C19H21FN6O2. The van der Waals surface area contributed by atoms with E-state index in [2.05, 4.69) is 15.1 Å². The van der Waals surface area contributed by atoms with E-state index in [1.807, 2.05) is 4.90 Å². The number of piperazine rings is 1. The minimum absolute atomic E-state index is 0.0123. The molecule has 9 heteroatoms. The van der Waals surface area contributed by atoms with E-state index >= 15 is 0 Å². The van der Waals surface area contributed by atoms with Crippen molar-refractivity contribution in [3.05, 3.63) is 58.0 Å². The number of hydrogen-bond donors (Lipinski definition) is 1. The van der Waals surface area contributed by atoms with Crippen molar-refractivity contribution in [1.29, 1.82) is 0 Å². The zero-order chi connectivity index (χ0) is 19.7. The average molecular weight is 384 g/mol. The molecule has 3 aromatic rings. The Morgan fingerprint density at radius 1 is 1.21 bits per heavy atom. The third-order valence-electron chi connectivity index (χ3n) is 5.15. The summed E-state index contributed by atoms with van der Waals surface area (Å²) in [4.78, 5) is 37.1. The van der Waals surface area contributed by atoms with E-state index in [9.17, 15) is 14.0 Å². The molecule has 3 heterocycles. The number of aromatic amines is 1. The number of benzene rings is 1. The number of hydrogen-bond acceptors (Lipinski definition) is 5. The second-order valence-electron chi connectivity index (χ2n) is 6.82. The lowest BCUT2D eigenvalue weighted by Gasteiger charge is -2.36. The molecule has 0 unspecified atom stereocenters. The van der Waals surface area contributed by atoms with E-state index < -0.39 is 0 Å². The molecule has 1 amide bonds. The van der Waals surface area contributed by atoms with Gasteiger partial charge >= 0.3 is 0 Å². The second-order valence-corrected chi connectivity index (χ2v) is 6.82. The molecule has 0 atom stereocenters. The standard InChI is InChI=1S/C19H21FN6O2/c1-13-14(18(28)26-19(23-13)21-12-22-26)6-7-17(27)25-10-8-24(9-11-25)16-5-3-2-4-15(16)20/h2-5,12H,6-11H2,1H3,(H,21,22,23). The van der Waals surface area contributed by atoms with Crippen molar-refractivity contribution in [2.24, 2.45) is 0 Å². The fourth-order valence-electron chi connectivity index (χ4n) is 3.58. The van der Waals surface area contributed by atoms with Crippen LogP contribution < -0.4 is 10.5 Å². The molecule has 1 saturated heterocycles. The lowest BCUT2D eigenvalue weighted by molar-refractivity contribution is -0.131. The first-order valence-electron chi connectivity index (χ1n) is 9.23. The van der Waals surface area contributed by atoms with E-state index in [-0.39, 0.29) is 23.7 Å². The Morgan fingerprint density at radius 3 is 2.71 bits per heavy atom. The van der Waals surface area contributed by atoms with Gasteiger partial charge in [0.1, 0.15) is 12.1 Å². The Bertz CT molecular complexity index is 1070. The van der Waals surface area contributed by atoms with Crippen LogP contribution in [0, 0.1) is 12.7 Å². The lowest BCUT2D eigenvalue weighted by Crippen LogP contribution is -2.49. The molecule has 1 aromatic carbocycles. The van der Waals surface area contributed by atoms with Gasteiger partial charge in [0.15, 0.2) is 0 Å². The zero-order valence-electron chi connectivity index (χ0n) is 15.6. The highest BCUT2D eigenvalue weighted by molar-refractivity contribution is 5.76. The average Bonchev–Trinajstić information content (AvgIpc) is 3.17. The highest BCUT2D eigenvalue weighted by Gasteiger charge is 2.23. The Labute approximate surface area is 160 Å². The number of para-hydroxylation sites is 1. The van der Waals surface area contributed by atoms with Crippen molar-refractivity contribution in [3.8, 4) is 0 Å². The zero-order valence-corrected chi connectivity index (χ0v) is 15.6. The highest BCUT2D eigenvalue weighted by Crippen LogP contribution is 2.20. The van der Waals surface area contributed by atoms with Crippen LogP contribution >= 0.6 is 0 Å². The van der Waals surface area contributed by atoms with Crippen molar-refractivity contribution < 1.29 is 9.18 Å². The van der Waals surface area contributed by atoms with Crippen LogP contribution in [0.1, 0.15) is 17.7 Å². The van der Waals surface area contributed by atoms with Gasteiger partial charge in [0.25, 0.3) is 11.3 Å². The molecule has 28 heavy (non-hydrogen) atoms. The number of carbonyl (C=O) groups is 1. The molecule has 146 valence electrons. The number of amides is 1. The van der Waals surface area contributed by atoms with E-state index in [4.69, 9.17) is 0 Å². The van der Waals surface area contributed by atoms with Crippen LogP contribution in [0.5, 0.6) is 0 Å². The maximum Gasteiger partial charge on any atom is 0.277 e. The number of halogens is 1. The van der Waals surface area contributed by atoms with Gasteiger partial charge in [-0.25, -0.2) is 14.4 Å². The summed E-state index contributed by atoms with van der Waals surface area (Å²) in [5.74, 6) is 0.0588. The van der Waals surface area contributed by atoms with E-state index in [0.717, 1.165) is 0 Å². The van der Waals surface area contributed by atoms with Crippen molar-refractivity contribution in [3.63, 3.8) is 0 Å². The fraction of sp³-hybridized carbons (Fsp3) is 0.368.